The van der Waals surface area contributed by atoms with E-state index in [4.69, 9.17) is 5.73 Å². The fourth-order valence-electron chi connectivity index (χ4n) is 2.79. The van der Waals surface area contributed by atoms with Crippen LogP contribution in [0.3, 0.4) is 0 Å². The summed E-state index contributed by atoms with van der Waals surface area (Å²) >= 11 is 0. The molecule has 0 saturated heterocycles. The van der Waals surface area contributed by atoms with E-state index in [1.807, 2.05) is 0 Å². The lowest BCUT2D eigenvalue weighted by Crippen LogP contribution is -2.44. The number of nitrogens with zero attached hydrogens (tertiary/aromatic N) is 1. The molecule has 0 amide bonds. The summed E-state index contributed by atoms with van der Waals surface area (Å²) in [5.74, 6) is 0.728. The average molecular weight is 212 g/mol. The Morgan fingerprint density at radius 1 is 1.27 bits per heavy atom. The summed E-state index contributed by atoms with van der Waals surface area (Å²) in [5, 5.41) is 0. The molecule has 1 aliphatic carbocycles. The fraction of sp³-hybridized carbons (Fsp3) is 1.00. The first-order valence-electron chi connectivity index (χ1n) is 6.62. The topological polar surface area (TPSA) is 29.3 Å². The Kier molecular flexibility index (Phi) is 5.62. The van der Waals surface area contributed by atoms with Crippen molar-refractivity contribution < 1.29 is 0 Å². The monoisotopic (exact) mass is 212 g/mol. The van der Waals surface area contributed by atoms with Crippen molar-refractivity contribution in [3.63, 3.8) is 0 Å². The Morgan fingerprint density at radius 2 is 1.93 bits per heavy atom. The van der Waals surface area contributed by atoms with Crippen molar-refractivity contribution in [2.45, 2.75) is 64.5 Å². The van der Waals surface area contributed by atoms with Crippen molar-refractivity contribution in [3.8, 4) is 0 Å². The van der Waals surface area contributed by atoms with Crippen LogP contribution in [0.4, 0.5) is 0 Å². The third-order valence-electron chi connectivity index (χ3n) is 4.23. The van der Waals surface area contributed by atoms with Crippen LogP contribution in [0.25, 0.3) is 0 Å². The van der Waals surface area contributed by atoms with Crippen LogP contribution in [0.1, 0.15) is 52.4 Å². The van der Waals surface area contributed by atoms with Crippen molar-refractivity contribution in [1.82, 2.24) is 4.90 Å². The Morgan fingerprint density at radius 3 is 2.53 bits per heavy atom. The van der Waals surface area contributed by atoms with Crippen molar-refractivity contribution >= 4 is 0 Å². The second-order valence-corrected chi connectivity index (χ2v) is 5.12. The molecule has 1 aliphatic rings. The maximum absolute atomic E-state index is 5.92. The molecule has 2 heteroatoms. The lowest BCUT2D eigenvalue weighted by atomic mass is 9.92. The van der Waals surface area contributed by atoms with Gasteiger partial charge < -0.3 is 10.6 Å². The van der Waals surface area contributed by atoms with Crippen LogP contribution in [-0.4, -0.2) is 30.6 Å². The predicted molar refractivity (Wildman–Crippen MR) is 66.9 cm³/mol. The van der Waals surface area contributed by atoms with Gasteiger partial charge in [-0.3, -0.25) is 0 Å². The summed E-state index contributed by atoms with van der Waals surface area (Å²) in [6, 6.07) is 1.43. The molecule has 0 heterocycles. The zero-order valence-electron chi connectivity index (χ0n) is 10.7. The number of hydrogen-bond acceptors (Lipinski definition) is 2. The highest BCUT2D eigenvalue weighted by atomic mass is 15.2. The first-order valence-corrected chi connectivity index (χ1v) is 6.62. The normalized spacial score (nSPS) is 30.2. The molecular weight excluding hydrogens is 184 g/mol. The maximum Gasteiger partial charge on any atom is 0.0135 e. The van der Waals surface area contributed by atoms with Gasteiger partial charge in [0.05, 0.1) is 0 Å². The summed E-state index contributed by atoms with van der Waals surface area (Å²) in [6.45, 7) is 5.47. The van der Waals surface area contributed by atoms with Gasteiger partial charge in [-0.2, -0.15) is 0 Å². The molecule has 3 unspecified atom stereocenters. The Labute approximate surface area is 95.2 Å². The third-order valence-corrected chi connectivity index (χ3v) is 4.23. The smallest absolute Gasteiger partial charge is 0.0135 e. The van der Waals surface area contributed by atoms with Crippen LogP contribution in [0, 0.1) is 5.92 Å². The zero-order valence-corrected chi connectivity index (χ0v) is 10.7. The SMILES string of the molecule is CCC(C)N(C)C1CCCCCC1CN. The lowest BCUT2D eigenvalue weighted by Gasteiger charge is -2.36. The average Bonchev–Trinajstić information content (AvgIpc) is 2.51. The van der Waals surface area contributed by atoms with Crippen LogP contribution in [0.5, 0.6) is 0 Å². The zero-order chi connectivity index (χ0) is 11.3. The lowest BCUT2D eigenvalue weighted by molar-refractivity contribution is 0.123. The minimum Gasteiger partial charge on any atom is -0.330 e. The molecule has 0 aliphatic heterocycles. The Balaban J connectivity index is 2.60. The molecule has 0 bridgehead atoms. The Bertz CT molecular complexity index is 170. The van der Waals surface area contributed by atoms with Gasteiger partial charge in [-0.1, -0.05) is 26.2 Å². The van der Waals surface area contributed by atoms with E-state index in [-0.39, 0.29) is 0 Å². The molecular formula is C13H28N2. The summed E-state index contributed by atoms with van der Waals surface area (Å²) in [7, 11) is 2.28. The Hall–Kier alpha value is -0.0800. The molecule has 0 aromatic heterocycles. The molecule has 0 aromatic carbocycles. The molecule has 0 radical (unpaired) electrons. The van der Waals surface area contributed by atoms with Crippen molar-refractivity contribution in [3.05, 3.63) is 0 Å². The molecule has 0 aromatic rings. The van der Waals surface area contributed by atoms with E-state index in [2.05, 4.69) is 25.8 Å². The largest absolute Gasteiger partial charge is 0.330 e. The van der Waals surface area contributed by atoms with Gasteiger partial charge in [-0.05, 0) is 45.7 Å². The minimum atomic E-state index is 0.696. The van der Waals surface area contributed by atoms with E-state index in [0.29, 0.717) is 6.04 Å². The van der Waals surface area contributed by atoms with Gasteiger partial charge in [-0.15, -0.1) is 0 Å². The van der Waals surface area contributed by atoms with Gasteiger partial charge in [0.25, 0.3) is 0 Å². The van der Waals surface area contributed by atoms with E-state index in [1.54, 1.807) is 0 Å². The van der Waals surface area contributed by atoms with E-state index in [1.165, 1.54) is 38.5 Å². The highest BCUT2D eigenvalue weighted by Crippen LogP contribution is 2.27. The van der Waals surface area contributed by atoms with Gasteiger partial charge in [0.2, 0.25) is 0 Å². The van der Waals surface area contributed by atoms with Crippen LogP contribution in [0.15, 0.2) is 0 Å². The molecule has 90 valence electrons. The summed E-state index contributed by atoms with van der Waals surface area (Å²) < 4.78 is 0. The molecule has 1 rings (SSSR count). The molecule has 2 nitrogen and oxygen atoms in total. The van der Waals surface area contributed by atoms with Crippen molar-refractivity contribution in [2.75, 3.05) is 13.6 Å². The standard InChI is InChI=1S/C13H28N2/c1-4-11(2)15(3)13-9-7-5-6-8-12(13)10-14/h11-13H,4-10,14H2,1-3H3. The van der Waals surface area contributed by atoms with Crippen LogP contribution in [0.2, 0.25) is 0 Å². The second kappa shape index (κ2) is 6.49. The quantitative estimate of drug-likeness (QED) is 0.726. The third kappa shape index (κ3) is 3.46. The highest BCUT2D eigenvalue weighted by Gasteiger charge is 2.27. The first kappa shape index (κ1) is 13.0. The van der Waals surface area contributed by atoms with Crippen LogP contribution in [-0.2, 0) is 0 Å². The molecule has 2 N–H and O–H groups in total. The minimum absolute atomic E-state index is 0.696. The molecule has 1 fully saturated rings. The number of hydrogen-bond donors (Lipinski definition) is 1. The van der Waals surface area contributed by atoms with E-state index in [0.717, 1.165) is 18.5 Å². The van der Waals surface area contributed by atoms with Crippen molar-refractivity contribution in [2.24, 2.45) is 11.7 Å². The van der Waals surface area contributed by atoms with Gasteiger partial charge in [0.1, 0.15) is 0 Å². The summed E-state index contributed by atoms with van der Waals surface area (Å²) in [5.41, 5.74) is 5.92. The van der Waals surface area contributed by atoms with Gasteiger partial charge >= 0.3 is 0 Å². The van der Waals surface area contributed by atoms with E-state index < -0.39 is 0 Å². The summed E-state index contributed by atoms with van der Waals surface area (Å²) in [4.78, 5) is 2.57. The molecule has 1 saturated carbocycles. The van der Waals surface area contributed by atoms with Crippen LogP contribution >= 0.6 is 0 Å². The number of rotatable bonds is 4. The summed E-state index contributed by atoms with van der Waals surface area (Å²) in [6.07, 6.45) is 8.10. The van der Waals surface area contributed by atoms with Gasteiger partial charge in [0.15, 0.2) is 0 Å². The van der Waals surface area contributed by atoms with Gasteiger partial charge in [-0.25, -0.2) is 0 Å². The maximum atomic E-state index is 5.92. The molecule has 3 atom stereocenters. The molecule has 15 heavy (non-hydrogen) atoms. The predicted octanol–water partition coefficient (Wildman–Crippen LogP) is 2.62. The van der Waals surface area contributed by atoms with E-state index >= 15 is 0 Å². The van der Waals surface area contributed by atoms with E-state index in [9.17, 15) is 0 Å². The van der Waals surface area contributed by atoms with Crippen molar-refractivity contribution in [1.29, 1.82) is 0 Å². The van der Waals surface area contributed by atoms with Crippen LogP contribution < -0.4 is 5.73 Å². The fourth-order valence-corrected chi connectivity index (χ4v) is 2.79. The first-order chi connectivity index (χ1) is 7.20. The highest BCUT2D eigenvalue weighted by molar-refractivity contribution is 4.83. The second-order valence-electron chi connectivity index (χ2n) is 5.12. The number of nitrogens with two attached hydrogens (primary N) is 1. The molecule has 0 spiro atoms. The van der Waals surface area contributed by atoms with Gasteiger partial charge in [0, 0.05) is 12.1 Å².